The van der Waals surface area contributed by atoms with E-state index in [1.807, 2.05) is 0 Å². The zero-order chi connectivity index (χ0) is 29.4. The molecule has 9 heteroatoms. The second kappa shape index (κ2) is 11.6. The van der Waals surface area contributed by atoms with Crippen LogP contribution in [0.5, 0.6) is 0 Å². The first kappa shape index (κ1) is 31.8. The van der Waals surface area contributed by atoms with Crippen LogP contribution in [0.25, 0.3) is 0 Å². The third-order valence-electron chi connectivity index (χ3n) is 9.97. The summed E-state index contributed by atoms with van der Waals surface area (Å²) in [7, 11) is 8.84. The van der Waals surface area contributed by atoms with Gasteiger partial charge in [-0.15, -0.1) is 0 Å². The van der Waals surface area contributed by atoms with E-state index in [0.717, 1.165) is 63.6 Å². The molecule has 9 nitrogen and oxygen atoms in total. The summed E-state index contributed by atoms with van der Waals surface area (Å²) >= 11 is 0. The van der Waals surface area contributed by atoms with Crippen molar-refractivity contribution in [1.82, 2.24) is 30.1 Å². The van der Waals surface area contributed by atoms with E-state index < -0.39 is 0 Å². The van der Waals surface area contributed by atoms with Gasteiger partial charge in [-0.25, -0.2) is 0 Å². The molecule has 2 fully saturated rings. The molecule has 2 N–H and O–H groups in total. The van der Waals surface area contributed by atoms with E-state index in [9.17, 15) is 0 Å². The maximum Gasteiger partial charge on any atom is 0.231 e. The summed E-state index contributed by atoms with van der Waals surface area (Å²) in [5.41, 5.74) is 0.357. The highest BCUT2D eigenvalue weighted by molar-refractivity contribution is 5.46. The van der Waals surface area contributed by atoms with E-state index in [1.54, 1.807) is 0 Å². The zero-order valence-corrected chi connectivity index (χ0v) is 27.4. The average Bonchev–Trinajstić information content (AvgIpc) is 2.83. The monoisotopic (exact) mass is 545 g/mol. The molecule has 2 saturated heterocycles. The van der Waals surface area contributed by atoms with Crippen molar-refractivity contribution in [1.29, 1.82) is 0 Å². The lowest BCUT2D eigenvalue weighted by molar-refractivity contribution is -0.0121. The smallest absolute Gasteiger partial charge is 0.231 e. The Morgan fingerprint density at radius 2 is 1.08 bits per heavy atom. The maximum absolute atomic E-state index is 5.12. The number of hydrogen-bond acceptors (Lipinski definition) is 9. The van der Waals surface area contributed by atoms with Crippen LogP contribution in [0.4, 0.5) is 17.8 Å². The van der Waals surface area contributed by atoms with Gasteiger partial charge in [-0.05, 0) is 115 Å². The summed E-state index contributed by atoms with van der Waals surface area (Å²) in [4.78, 5) is 24.7. The van der Waals surface area contributed by atoms with Crippen molar-refractivity contribution in [2.45, 2.75) is 129 Å². The molecular formula is C30H59N9. The van der Waals surface area contributed by atoms with Gasteiger partial charge < -0.3 is 20.4 Å². The van der Waals surface area contributed by atoms with Gasteiger partial charge in [0.05, 0.1) is 0 Å². The van der Waals surface area contributed by atoms with Crippen molar-refractivity contribution in [3.05, 3.63) is 0 Å². The molecule has 3 heterocycles. The lowest BCUT2D eigenvalue weighted by atomic mass is 9.77. The maximum atomic E-state index is 5.12. The third-order valence-corrected chi connectivity index (χ3v) is 9.97. The Hall–Kier alpha value is -1.71. The second-order valence-corrected chi connectivity index (χ2v) is 14.6. The summed E-state index contributed by atoms with van der Waals surface area (Å²) in [5.74, 6) is 2.19. The quantitative estimate of drug-likeness (QED) is 0.415. The van der Waals surface area contributed by atoms with Gasteiger partial charge in [0.1, 0.15) is 0 Å². The highest BCUT2D eigenvalue weighted by atomic mass is 15.4. The molecule has 0 amide bonds. The molecule has 2 aliphatic rings. The van der Waals surface area contributed by atoms with Crippen molar-refractivity contribution < 1.29 is 0 Å². The van der Waals surface area contributed by atoms with Crippen molar-refractivity contribution in [2.75, 3.05) is 62.9 Å². The molecule has 3 rings (SSSR count). The fourth-order valence-electron chi connectivity index (χ4n) is 6.85. The van der Waals surface area contributed by atoms with Gasteiger partial charge in [-0.1, -0.05) is 6.92 Å². The van der Waals surface area contributed by atoms with Crippen LogP contribution in [-0.4, -0.2) is 107 Å². The largest absolute Gasteiger partial charge is 0.354 e. The minimum Gasteiger partial charge on any atom is -0.354 e. The fraction of sp³-hybridized carbons (Fsp3) is 0.900. The van der Waals surface area contributed by atoms with E-state index in [2.05, 4.69) is 121 Å². The van der Waals surface area contributed by atoms with Crippen molar-refractivity contribution in [3.63, 3.8) is 0 Å². The molecule has 0 radical (unpaired) electrons. The Morgan fingerprint density at radius 1 is 0.692 bits per heavy atom. The van der Waals surface area contributed by atoms with Gasteiger partial charge in [0.2, 0.25) is 17.8 Å². The van der Waals surface area contributed by atoms with Crippen LogP contribution in [0.3, 0.4) is 0 Å². The van der Waals surface area contributed by atoms with Crippen LogP contribution < -0.4 is 20.4 Å². The van der Waals surface area contributed by atoms with Gasteiger partial charge in [0.25, 0.3) is 0 Å². The van der Waals surface area contributed by atoms with E-state index in [0.29, 0.717) is 18.0 Å². The van der Waals surface area contributed by atoms with E-state index in [-0.39, 0.29) is 22.2 Å². The predicted octanol–water partition coefficient (Wildman–Crippen LogP) is 4.46. The van der Waals surface area contributed by atoms with Gasteiger partial charge in [-0.3, -0.25) is 9.80 Å². The molecule has 39 heavy (non-hydrogen) atoms. The summed E-state index contributed by atoms with van der Waals surface area (Å²) < 4.78 is 0. The number of likely N-dealkylation sites (tertiary alicyclic amines) is 2. The lowest BCUT2D eigenvalue weighted by Gasteiger charge is -2.55. The standard InChI is InChI=1S/C30H59N9/c1-14-31-16-15-17-32-24-33-25(36(10)22-18-27(2,3)38(12)28(4,5)19-22)35-26(34-24)37(11)23-20-29(6,7)39(13)30(8,9)21-23/h22-23,31H,14-21H2,1-13H3,(H,32,33,34,35). The predicted molar refractivity (Wildman–Crippen MR) is 166 cm³/mol. The highest BCUT2D eigenvalue weighted by Crippen LogP contribution is 2.41. The van der Waals surface area contributed by atoms with E-state index in [4.69, 9.17) is 15.0 Å². The van der Waals surface area contributed by atoms with E-state index in [1.165, 1.54) is 0 Å². The molecule has 0 bridgehead atoms. The highest BCUT2D eigenvalue weighted by Gasteiger charge is 2.46. The number of aromatic nitrogens is 3. The molecule has 0 aromatic carbocycles. The van der Waals surface area contributed by atoms with Gasteiger partial charge in [0.15, 0.2) is 0 Å². The molecular weight excluding hydrogens is 486 g/mol. The SMILES string of the molecule is CCNCCCNc1nc(N(C)C2CC(C)(C)N(C)C(C)(C)C2)nc(N(C)C2CC(C)(C)N(C)C(C)(C)C2)n1. The lowest BCUT2D eigenvalue weighted by Crippen LogP contribution is -2.62. The Bertz CT molecular complexity index is 856. The zero-order valence-electron chi connectivity index (χ0n) is 27.4. The summed E-state index contributed by atoms with van der Waals surface area (Å²) in [6, 6.07) is 0.684. The number of hydrogen-bond donors (Lipinski definition) is 2. The van der Waals surface area contributed by atoms with Crippen molar-refractivity contribution in [2.24, 2.45) is 0 Å². The summed E-state index contributed by atoms with van der Waals surface area (Å²) in [6.07, 6.45) is 5.25. The van der Waals surface area contributed by atoms with Crippen LogP contribution in [0, 0.1) is 0 Å². The number of nitrogens with zero attached hydrogens (tertiary/aromatic N) is 7. The Labute approximate surface area is 239 Å². The molecule has 0 unspecified atom stereocenters. The molecule has 0 atom stereocenters. The van der Waals surface area contributed by atoms with Gasteiger partial charge >= 0.3 is 0 Å². The molecule has 2 aliphatic heterocycles. The summed E-state index contributed by atoms with van der Waals surface area (Å²) in [5, 5.41) is 6.91. The Morgan fingerprint density at radius 3 is 1.44 bits per heavy atom. The third kappa shape index (κ3) is 7.14. The molecule has 0 saturated carbocycles. The van der Waals surface area contributed by atoms with Crippen molar-refractivity contribution in [3.8, 4) is 0 Å². The molecule has 1 aromatic rings. The average molecular weight is 546 g/mol. The van der Waals surface area contributed by atoms with Crippen LogP contribution >= 0.6 is 0 Å². The number of piperidine rings is 2. The fourth-order valence-corrected chi connectivity index (χ4v) is 6.85. The van der Waals surface area contributed by atoms with Crippen molar-refractivity contribution >= 4 is 17.8 Å². The second-order valence-electron chi connectivity index (χ2n) is 14.6. The first-order valence-electron chi connectivity index (χ1n) is 15.1. The minimum atomic E-state index is 0.0893. The van der Waals surface area contributed by atoms with E-state index >= 15 is 0 Å². The number of anilines is 3. The van der Waals surface area contributed by atoms with Gasteiger partial charge in [0, 0.05) is 54.9 Å². The Kier molecular flexibility index (Phi) is 9.50. The van der Waals surface area contributed by atoms with Gasteiger partial charge in [-0.2, -0.15) is 15.0 Å². The van der Waals surface area contributed by atoms with Crippen LogP contribution in [0.1, 0.15) is 94.4 Å². The number of rotatable bonds is 10. The molecule has 224 valence electrons. The topological polar surface area (TPSA) is 75.7 Å². The van der Waals surface area contributed by atoms with Crippen LogP contribution in [-0.2, 0) is 0 Å². The Balaban J connectivity index is 1.92. The summed E-state index contributed by atoms with van der Waals surface area (Å²) in [6.45, 7) is 23.7. The normalized spacial score (nSPS) is 23.5. The molecule has 1 aromatic heterocycles. The molecule has 0 spiro atoms. The van der Waals surface area contributed by atoms with Crippen LogP contribution in [0.15, 0.2) is 0 Å². The minimum absolute atomic E-state index is 0.0893. The first-order chi connectivity index (χ1) is 17.9. The number of nitrogens with one attached hydrogen (secondary N) is 2. The van der Waals surface area contributed by atoms with Crippen LogP contribution in [0.2, 0.25) is 0 Å². The molecule has 0 aliphatic carbocycles. The first-order valence-corrected chi connectivity index (χ1v) is 15.1.